The summed E-state index contributed by atoms with van der Waals surface area (Å²) in [6.45, 7) is 0. The van der Waals surface area contributed by atoms with E-state index < -0.39 is 10.8 Å². The summed E-state index contributed by atoms with van der Waals surface area (Å²) in [7, 11) is 0. The minimum absolute atomic E-state index is 0.00176. The molecule has 0 saturated carbocycles. The van der Waals surface area contributed by atoms with Gasteiger partial charge in [0, 0.05) is 12.1 Å². The Morgan fingerprint density at radius 3 is 2.70 bits per heavy atom. The molecule has 4 N–H and O–H groups in total. The fourth-order valence-corrected chi connectivity index (χ4v) is 1.78. The molecule has 1 amide bonds. The van der Waals surface area contributed by atoms with Gasteiger partial charge in [0.1, 0.15) is 5.69 Å². The molecular formula is C10H7Cl2N5O3. The van der Waals surface area contributed by atoms with Crippen LogP contribution >= 0.6 is 23.2 Å². The second-order valence-corrected chi connectivity index (χ2v) is 4.47. The number of nitrogens with zero attached hydrogens (tertiary/aromatic N) is 2. The minimum atomic E-state index is -0.647. The summed E-state index contributed by atoms with van der Waals surface area (Å²) in [5.74, 6) is -0.536. The first-order chi connectivity index (χ1) is 9.38. The van der Waals surface area contributed by atoms with Gasteiger partial charge >= 0.3 is 0 Å². The number of carbonyl (C=O) groups excluding carboxylic acids is 1. The number of nitro benzene ring substituents is 1. The highest BCUT2D eigenvalue weighted by Crippen LogP contribution is 2.34. The van der Waals surface area contributed by atoms with E-state index in [4.69, 9.17) is 28.9 Å². The number of carbonyl (C=O) groups is 1. The van der Waals surface area contributed by atoms with Crippen LogP contribution < -0.4 is 11.1 Å². The van der Waals surface area contributed by atoms with E-state index in [-0.39, 0.29) is 33.1 Å². The van der Waals surface area contributed by atoms with E-state index in [2.05, 4.69) is 15.3 Å². The van der Waals surface area contributed by atoms with Crippen LogP contribution in [0.4, 0.5) is 17.3 Å². The SMILES string of the molecule is Nc1ncc(C(=O)Nc2cc([N+](=O)[O-])cc(Cl)c2Cl)[nH]1. The van der Waals surface area contributed by atoms with Gasteiger partial charge in [-0.05, 0) is 0 Å². The van der Waals surface area contributed by atoms with Crippen LogP contribution in [0.2, 0.25) is 10.0 Å². The standard InChI is InChI=1S/C10H7Cl2N5O3/c11-5-1-4(17(19)20)2-6(8(5)12)15-9(18)7-3-14-10(13)16-7/h1-3H,(H,15,18)(H3,13,14,16). The molecule has 0 radical (unpaired) electrons. The van der Waals surface area contributed by atoms with Crippen molar-refractivity contribution in [2.75, 3.05) is 11.1 Å². The Balaban J connectivity index is 2.33. The molecule has 0 atom stereocenters. The molecule has 0 aliphatic carbocycles. The second-order valence-electron chi connectivity index (χ2n) is 3.68. The molecule has 0 unspecified atom stereocenters. The fourth-order valence-electron chi connectivity index (χ4n) is 1.41. The number of imidazole rings is 1. The van der Waals surface area contributed by atoms with Crippen molar-refractivity contribution in [3.05, 3.63) is 44.2 Å². The normalized spacial score (nSPS) is 10.3. The zero-order valence-electron chi connectivity index (χ0n) is 9.68. The summed E-state index contributed by atoms with van der Waals surface area (Å²) < 4.78 is 0. The number of nitro groups is 1. The van der Waals surface area contributed by atoms with Gasteiger partial charge in [-0.2, -0.15) is 0 Å². The van der Waals surface area contributed by atoms with Gasteiger partial charge in [-0.25, -0.2) is 4.98 Å². The molecule has 2 aromatic rings. The summed E-state index contributed by atoms with van der Waals surface area (Å²) in [5.41, 5.74) is 5.15. The maximum atomic E-state index is 11.9. The molecule has 0 aliphatic heterocycles. The highest BCUT2D eigenvalue weighted by Gasteiger charge is 2.17. The quantitative estimate of drug-likeness (QED) is 0.592. The Hall–Kier alpha value is -2.32. The van der Waals surface area contributed by atoms with Crippen LogP contribution in [-0.2, 0) is 0 Å². The van der Waals surface area contributed by atoms with Gasteiger partial charge in [-0.15, -0.1) is 0 Å². The van der Waals surface area contributed by atoms with Crippen molar-refractivity contribution in [1.82, 2.24) is 9.97 Å². The molecule has 8 nitrogen and oxygen atoms in total. The van der Waals surface area contributed by atoms with E-state index in [0.717, 1.165) is 12.1 Å². The Kier molecular flexibility index (Phi) is 3.77. The van der Waals surface area contributed by atoms with E-state index >= 15 is 0 Å². The minimum Gasteiger partial charge on any atom is -0.369 e. The predicted molar refractivity (Wildman–Crippen MR) is 74.1 cm³/mol. The summed E-state index contributed by atoms with van der Waals surface area (Å²) in [6, 6.07) is 2.19. The monoisotopic (exact) mass is 315 g/mol. The highest BCUT2D eigenvalue weighted by atomic mass is 35.5. The first-order valence-electron chi connectivity index (χ1n) is 5.13. The van der Waals surface area contributed by atoms with Crippen molar-refractivity contribution in [2.45, 2.75) is 0 Å². The molecule has 20 heavy (non-hydrogen) atoms. The van der Waals surface area contributed by atoms with Crippen LogP contribution in [0, 0.1) is 10.1 Å². The maximum Gasteiger partial charge on any atom is 0.273 e. The third-order valence-electron chi connectivity index (χ3n) is 2.31. The molecule has 104 valence electrons. The van der Waals surface area contributed by atoms with Crippen molar-refractivity contribution in [3.8, 4) is 0 Å². The van der Waals surface area contributed by atoms with Crippen LogP contribution in [0.1, 0.15) is 10.5 Å². The number of nitrogens with two attached hydrogens (primary N) is 1. The zero-order chi connectivity index (χ0) is 14.9. The molecule has 1 aromatic heterocycles. The molecule has 1 aromatic carbocycles. The molecule has 1 heterocycles. The summed E-state index contributed by atoms with van der Waals surface area (Å²) in [6.07, 6.45) is 1.22. The van der Waals surface area contributed by atoms with Crippen LogP contribution in [-0.4, -0.2) is 20.8 Å². The average Bonchev–Trinajstić information content (AvgIpc) is 2.81. The van der Waals surface area contributed by atoms with Crippen LogP contribution in [0.3, 0.4) is 0 Å². The van der Waals surface area contributed by atoms with Gasteiger partial charge in [0.15, 0.2) is 5.95 Å². The summed E-state index contributed by atoms with van der Waals surface area (Å²) in [4.78, 5) is 28.1. The predicted octanol–water partition coefficient (Wildman–Crippen LogP) is 2.46. The topological polar surface area (TPSA) is 127 Å². The largest absolute Gasteiger partial charge is 0.369 e. The smallest absolute Gasteiger partial charge is 0.273 e. The van der Waals surface area contributed by atoms with Crippen molar-refractivity contribution in [1.29, 1.82) is 0 Å². The maximum absolute atomic E-state index is 11.9. The van der Waals surface area contributed by atoms with Crippen molar-refractivity contribution in [2.24, 2.45) is 0 Å². The van der Waals surface area contributed by atoms with E-state index in [9.17, 15) is 14.9 Å². The first kappa shape index (κ1) is 14.1. The average molecular weight is 316 g/mol. The lowest BCUT2D eigenvalue weighted by Gasteiger charge is -2.07. The molecule has 0 aliphatic rings. The number of halogens is 2. The molecule has 0 spiro atoms. The molecule has 10 heteroatoms. The van der Waals surface area contributed by atoms with Gasteiger partial charge in [-0.1, -0.05) is 23.2 Å². The summed E-state index contributed by atoms with van der Waals surface area (Å²) >= 11 is 11.7. The van der Waals surface area contributed by atoms with Crippen molar-refractivity contribution >= 4 is 46.4 Å². The number of nitrogens with one attached hydrogen (secondary N) is 2. The van der Waals surface area contributed by atoms with E-state index in [1.54, 1.807) is 0 Å². The van der Waals surface area contributed by atoms with Crippen LogP contribution in [0.25, 0.3) is 0 Å². The lowest BCUT2D eigenvalue weighted by Crippen LogP contribution is -2.13. The molecule has 0 bridgehead atoms. The van der Waals surface area contributed by atoms with Gasteiger partial charge in [0.2, 0.25) is 0 Å². The first-order valence-corrected chi connectivity index (χ1v) is 5.89. The second kappa shape index (κ2) is 5.35. The third-order valence-corrected chi connectivity index (χ3v) is 3.11. The Labute approximate surface area is 122 Å². The number of H-pyrrole nitrogens is 1. The Bertz CT molecular complexity index is 700. The lowest BCUT2D eigenvalue weighted by molar-refractivity contribution is -0.384. The van der Waals surface area contributed by atoms with E-state index in [1.165, 1.54) is 6.20 Å². The Morgan fingerprint density at radius 2 is 2.15 bits per heavy atom. The lowest BCUT2D eigenvalue weighted by atomic mass is 10.2. The van der Waals surface area contributed by atoms with Gasteiger partial charge in [0.25, 0.3) is 11.6 Å². The molecule has 2 rings (SSSR count). The Morgan fingerprint density at radius 1 is 1.45 bits per heavy atom. The number of aromatic nitrogens is 2. The van der Waals surface area contributed by atoms with E-state index in [1.807, 2.05) is 0 Å². The summed E-state index contributed by atoms with van der Waals surface area (Å²) in [5, 5.41) is 13.1. The van der Waals surface area contributed by atoms with Crippen molar-refractivity contribution in [3.63, 3.8) is 0 Å². The van der Waals surface area contributed by atoms with Crippen LogP contribution in [0.15, 0.2) is 18.3 Å². The molecule has 0 saturated heterocycles. The number of hydrogen-bond donors (Lipinski definition) is 3. The number of rotatable bonds is 3. The number of hydrogen-bond acceptors (Lipinski definition) is 5. The number of benzene rings is 1. The number of anilines is 2. The fraction of sp³-hybridized carbons (Fsp3) is 0. The number of nitrogen functional groups attached to an aromatic ring is 1. The number of amides is 1. The molecular weight excluding hydrogens is 309 g/mol. The number of aromatic amines is 1. The zero-order valence-corrected chi connectivity index (χ0v) is 11.2. The van der Waals surface area contributed by atoms with Gasteiger partial charge in [0.05, 0.1) is 26.9 Å². The highest BCUT2D eigenvalue weighted by molar-refractivity contribution is 6.44. The molecule has 0 fully saturated rings. The van der Waals surface area contributed by atoms with Gasteiger partial charge < -0.3 is 16.0 Å². The number of non-ortho nitro benzene ring substituents is 1. The third kappa shape index (κ3) is 2.81. The van der Waals surface area contributed by atoms with Crippen LogP contribution in [0.5, 0.6) is 0 Å². The van der Waals surface area contributed by atoms with Crippen molar-refractivity contribution < 1.29 is 9.72 Å². The van der Waals surface area contributed by atoms with E-state index in [0.29, 0.717) is 0 Å². The van der Waals surface area contributed by atoms with Gasteiger partial charge in [-0.3, -0.25) is 14.9 Å².